The first-order chi connectivity index (χ1) is 14.8. The van der Waals surface area contributed by atoms with E-state index < -0.39 is 0 Å². The SMILES string of the molecule is CCOc1ccc(N=C2NC(=O)/C(=C\c3ccc4c(c3)C(C)=CC(C)(C)N4C)S2)cc1. The predicted molar refractivity (Wildman–Crippen MR) is 131 cm³/mol. The first kappa shape index (κ1) is 21.2. The minimum atomic E-state index is -0.127. The van der Waals surface area contributed by atoms with E-state index in [0.29, 0.717) is 16.7 Å². The van der Waals surface area contributed by atoms with Crippen LogP contribution in [0.25, 0.3) is 11.6 Å². The molecule has 2 aliphatic rings. The molecule has 1 N–H and O–H groups in total. The summed E-state index contributed by atoms with van der Waals surface area (Å²) in [6.45, 7) is 9.13. The summed E-state index contributed by atoms with van der Waals surface area (Å²) < 4.78 is 5.46. The average molecular weight is 434 g/mol. The lowest BCUT2D eigenvalue weighted by molar-refractivity contribution is -0.115. The van der Waals surface area contributed by atoms with Gasteiger partial charge in [-0.25, -0.2) is 4.99 Å². The molecule has 0 aromatic heterocycles. The Morgan fingerprint density at radius 2 is 1.94 bits per heavy atom. The lowest BCUT2D eigenvalue weighted by Gasteiger charge is -2.40. The first-order valence-electron chi connectivity index (χ1n) is 10.4. The van der Waals surface area contributed by atoms with Crippen molar-refractivity contribution in [3.05, 3.63) is 64.6 Å². The van der Waals surface area contributed by atoms with E-state index in [1.165, 1.54) is 28.6 Å². The maximum atomic E-state index is 12.5. The Morgan fingerprint density at radius 3 is 2.65 bits per heavy atom. The summed E-state index contributed by atoms with van der Waals surface area (Å²) in [5, 5.41) is 3.44. The summed E-state index contributed by atoms with van der Waals surface area (Å²) in [5.41, 5.74) is 5.40. The number of carbonyl (C=O) groups excluding carboxylic acids is 1. The van der Waals surface area contributed by atoms with Crippen molar-refractivity contribution in [1.29, 1.82) is 0 Å². The number of amidine groups is 1. The minimum absolute atomic E-state index is 0.0233. The highest BCUT2D eigenvalue weighted by atomic mass is 32.2. The van der Waals surface area contributed by atoms with Crippen LogP contribution in [0.15, 0.2) is 58.4 Å². The fourth-order valence-electron chi connectivity index (χ4n) is 3.80. The van der Waals surface area contributed by atoms with Gasteiger partial charge in [-0.05, 0) is 93.1 Å². The first-order valence-corrected chi connectivity index (χ1v) is 11.2. The van der Waals surface area contributed by atoms with Crippen molar-refractivity contribution in [2.75, 3.05) is 18.6 Å². The predicted octanol–water partition coefficient (Wildman–Crippen LogP) is 5.61. The van der Waals surface area contributed by atoms with Crippen molar-refractivity contribution >= 4 is 45.9 Å². The lowest BCUT2D eigenvalue weighted by Crippen LogP contribution is -2.42. The minimum Gasteiger partial charge on any atom is -0.494 e. The van der Waals surface area contributed by atoms with E-state index in [2.05, 4.69) is 67.3 Å². The molecular weight excluding hydrogens is 406 g/mol. The molecule has 2 aromatic carbocycles. The highest BCUT2D eigenvalue weighted by Crippen LogP contribution is 2.39. The molecule has 1 amide bonds. The molecule has 0 atom stereocenters. The van der Waals surface area contributed by atoms with Crippen LogP contribution in [0, 0.1) is 0 Å². The molecule has 5 nitrogen and oxygen atoms in total. The highest BCUT2D eigenvalue weighted by Gasteiger charge is 2.29. The fraction of sp³-hybridized carbons (Fsp3) is 0.280. The molecule has 0 spiro atoms. The Bertz CT molecular complexity index is 1110. The van der Waals surface area contributed by atoms with Crippen LogP contribution in [0.4, 0.5) is 11.4 Å². The van der Waals surface area contributed by atoms with Crippen molar-refractivity contribution in [2.24, 2.45) is 4.99 Å². The van der Waals surface area contributed by atoms with Crippen LogP contribution in [0.3, 0.4) is 0 Å². The Kier molecular flexibility index (Phi) is 5.67. The second-order valence-corrected chi connectivity index (χ2v) is 9.26. The summed E-state index contributed by atoms with van der Waals surface area (Å²) in [5.74, 6) is 0.679. The molecule has 0 bridgehead atoms. The van der Waals surface area contributed by atoms with Gasteiger partial charge in [0, 0.05) is 18.3 Å². The van der Waals surface area contributed by atoms with Crippen LogP contribution in [-0.4, -0.2) is 30.3 Å². The van der Waals surface area contributed by atoms with Crippen LogP contribution in [0.1, 0.15) is 38.8 Å². The molecule has 2 aromatic rings. The van der Waals surface area contributed by atoms with Gasteiger partial charge in [0.15, 0.2) is 5.17 Å². The number of fused-ring (bicyclic) bond motifs is 1. The van der Waals surface area contributed by atoms with E-state index in [-0.39, 0.29) is 11.4 Å². The van der Waals surface area contributed by atoms with Crippen LogP contribution in [-0.2, 0) is 4.79 Å². The monoisotopic (exact) mass is 433 g/mol. The maximum Gasteiger partial charge on any atom is 0.264 e. The zero-order valence-electron chi connectivity index (χ0n) is 18.5. The smallest absolute Gasteiger partial charge is 0.264 e. The number of nitrogens with one attached hydrogen (secondary N) is 1. The molecule has 2 heterocycles. The standard InChI is InChI=1S/C25H27N3O2S/c1-6-30-19-10-8-18(9-11-19)26-24-27-23(29)22(31-24)14-17-7-12-21-20(13-17)16(2)15-25(3,4)28(21)5/h7-15H,6H2,1-5H3,(H,26,27,29)/b22-14+. The molecule has 2 aliphatic heterocycles. The van der Waals surface area contributed by atoms with E-state index in [1.54, 1.807) is 0 Å². The summed E-state index contributed by atoms with van der Waals surface area (Å²) >= 11 is 1.36. The highest BCUT2D eigenvalue weighted by molar-refractivity contribution is 8.18. The number of hydrogen-bond donors (Lipinski definition) is 1. The quantitative estimate of drug-likeness (QED) is 0.637. The number of likely N-dealkylation sites (N-methyl/N-ethyl adjacent to an activating group) is 1. The molecule has 31 heavy (non-hydrogen) atoms. The molecule has 1 saturated heterocycles. The van der Waals surface area contributed by atoms with Crippen LogP contribution >= 0.6 is 11.8 Å². The van der Waals surface area contributed by atoms with Gasteiger partial charge in [0.25, 0.3) is 5.91 Å². The second-order valence-electron chi connectivity index (χ2n) is 8.23. The van der Waals surface area contributed by atoms with E-state index in [1.807, 2.05) is 37.3 Å². The van der Waals surface area contributed by atoms with Crippen molar-refractivity contribution < 1.29 is 9.53 Å². The number of benzene rings is 2. The molecule has 6 heteroatoms. The summed E-state index contributed by atoms with van der Waals surface area (Å²) in [6, 6.07) is 13.9. The van der Waals surface area contributed by atoms with Gasteiger partial charge < -0.3 is 15.0 Å². The lowest BCUT2D eigenvalue weighted by atomic mass is 9.88. The number of nitrogens with zero attached hydrogens (tertiary/aromatic N) is 2. The number of amides is 1. The van der Waals surface area contributed by atoms with Crippen LogP contribution in [0.2, 0.25) is 0 Å². The number of aliphatic imine (C=N–C) groups is 1. The number of ether oxygens (including phenoxy) is 1. The van der Waals surface area contributed by atoms with E-state index in [0.717, 1.165) is 17.0 Å². The summed E-state index contributed by atoms with van der Waals surface area (Å²) in [6.07, 6.45) is 4.21. The molecule has 0 aliphatic carbocycles. The van der Waals surface area contributed by atoms with Crippen LogP contribution in [0.5, 0.6) is 5.75 Å². The van der Waals surface area contributed by atoms with Gasteiger partial charge >= 0.3 is 0 Å². The number of allylic oxidation sites excluding steroid dienone is 1. The Morgan fingerprint density at radius 1 is 1.19 bits per heavy atom. The Balaban J connectivity index is 1.56. The topological polar surface area (TPSA) is 53.9 Å². The van der Waals surface area contributed by atoms with Gasteiger partial charge in [-0.15, -0.1) is 0 Å². The third-order valence-electron chi connectivity index (χ3n) is 5.57. The Hall–Kier alpha value is -2.99. The molecule has 4 rings (SSSR count). The van der Waals surface area contributed by atoms with Gasteiger partial charge in [-0.1, -0.05) is 12.1 Å². The van der Waals surface area contributed by atoms with Gasteiger partial charge in [-0.3, -0.25) is 4.79 Å². The normalized spacial score (nSPS) is 20.0. The number of anilines is 1. The van der Waals surface area contributed by atoms with E-state index in [9.17, 15) is 4.79 Å². The molecule has 1 fully saturated rings. The van der Waals surface area contributed by atoms with Crippen molar-refractivity contribution in [2.45, 2.75) is 33.2 Å². The third kappa shape index (κ3) is 4.39. The van der Waals surface area contributed by atoms with Gasteiger partial charge in [-0.2, -0.15) is 0 Å². The number of rotatable bonds is 4. The molecule has 160 valence electrons. The van der Waals surface area contributed by atoms with Gasteiger partial charge in [0.05, 0.1) is 22.7 Å². The molecule has 0 radical (unpaired) electrons. The van der Waals surface area contributed by atoms with Crippen molar-refractivity contribution in [3.63, 3.8) is 0 Å². The van der Waals surface area contributed by atoms with E-state index >= 15 is 0 Å². The number of thioether (sulfide) groups is 1. The molecule has 0 unspecified atom stereocenters. The number of carbonyl (C=O) groups is 1. The van der Waals surface area contributed by atoms with Gasteiger partial charge in [0.2, 0.25) is 0 Å². The number of hydrogen-bond acceptors (Lipinski definition) is 5. The fourth-order valence-corrected chi connectivity index (χ4v) is 4.64. The van der Waals surface area contributed by atoms with Gasteiger partial charge in [0.1, 0.15) is 5.75 Å². The zero-order chi connectivity index (χ0) is 22.2. The largest absolute Gasteiger partial charge is 0.494 e. The molecule has 0 saturated carbocycles. The second kappa shape index (κ2) is 8.27. The van der Waals surface area contributed by atoms with E-state index in [4.69, 9.17) is 4.74 Å². The van der Waals surface area contributed by atoms with Crippen LogP contribution < -0.4 is 15.0 Å². The Labute approximate surface area is 187 Å². The molecular formula is C25H27N3O2S. The zero-order valence-corrected chi connectivity index (χ0v) is 19.3. The van der Waals surface area contributed by atoms with Crippen molar-refractivity contribution in [3.8, 4) is 5.75 Å². The average Bonchev–Trinajstić information content (AvgIpc) is 3.06. The maximum absolute atomic E-state index is 12.5. The summed E-state index contributed by atoms with van der Waals surface area (Å²) in [4.78, 5) is 20.0. The summed E-state index contributed by atoms with van der Waals surface area (Å²) in [7, 11) is 2.11. The third-order valence-corrected chi connectivity index (χ3v) is 6.48. The van der Waals surface area contributed by atoms with Crippen molar-refractivity contribution in [1.82, 2.24) is 5.32 Å².